The highest BCUT2D eigenvalue weighted by Crippen LogP contribution is 2.33. The lowest BCUT2D eigenvalue weighted by Gasteiger charge is -2.18. The number of aliphatic hydroxyl groups excluding tert-OH is 1. The number of rotatable bonds is 4. The number of carbonyl (C=O) groups is 2. The molecule has 1 aromatic rings. The van der Waals surface area contributed by atoms with Gasteiger partial charge in [0.25, 0.3) is 5.91 Å². The number of carbonyl (C=O) groups excluding carboxylic acids is 2. The smallest absolute Gasteiger partial charge is 0.414 e. The molecule has 24 heavy (non-hydrogen) atoms. The quantitative estimate of drug-likeness (QED) is 0.641. The lowest BCUT2D eigenvalue weighted by atomic mass is 10.1. The summed E-state index contributed by atoms with van der Waals surface area (Å²) >= 11 is 4.74. The zero-order valence-electron chi connectivity index (χ0n) is 12.9. The van der Waals surface area contributed by atoms with Gasteiger partial charge in [-0.25, -0.2) is 4.79 Å². The molecule has 1 saturated heterocycles. The van der Waals surface area contributed by atoms with Crippen molar-refractivity contribution in [1.82, 2.24) is 5.32 Å². The Kier molecular flexibility index (Phi) is 4.54. The van der Waals surface area contributed by atoms with Crippen LogP contribution < -0.4 is 20.9 Å². The maximum absolute atomic E-state index is 12.1. The Labute approximate surface area is 144 Å². The van der Waals surface area contributed by atoms with Crippen LogP contribution in [0.1, 0.15) is 5.56 Å². The van der Waals surface area contributed by atoms with Gasteiger partial charge in [0.05, 0.1) is 13.1 Å². The first kappa shape index (κ1) is 16.5. The third-order valence-corrected chi connectivity index (χ3v) is 4.23. The van der Waals surface area contributed by atoms with E-state index in [0.717, 1.165) is 16.9 Å². The Morgan fingerprint density at radius 1 is 1.50 bits per heavy atom. The van der Waals surface area contributed by atoms with Crippen LogP contribution in [0.2, 0.25) is 0 Å². The lowest BCUT2D eigenvalue weighted by molar-refractivity contribution is -0.121. The van der Waals surface area contributed by atoms with Crippen molar-refractivity contribution in [1.29, 1.82) is 0 Å². The van der Waals surface area contributed by atoms with Gasteiger partial charge in [0.15, 0.2) is 5.11 Å². The van der Waals surface area contributed by atoms with Gasteiger partial charge in [-0.1, -0.05) is 0 Å². The van der Waals surface area contributed by atoms with E-state index >= 15 is 0 Å². The lowest BCUT2D eigenvalue weighted by Crippen LogP contribution is -2.37. The third-order valence-electron chi connectivity index (χ3n) is 4.08. The molecule has 0 aromatic heterocycles. The van der Waals surface area contributed by atoms with Crippen LogP contribution >= 0.6 is 12.2 Å². The third kappa shape index (κ3) is 3.13. The van der Waals surface area contributed by atoms with Gasteiger partial charge in [-0.05, 0) is 42.4 Å². The summed E-state index contributed by atoms with van der Waals surface area (Å²) in [5.74, 6) is -0.328. The number of nitrogens with one attached hydrogen (secondary N) is 1. The van der Waals surface area contributed by atoms with Crippen LogP contribution in [-0.4, -0.2) is 54.6 Å². The maximum Gasteiger partial charge on any atom is 0.414 e. The van der Waals surface area contributed by atoms with E-state index in [2.05, 4.69) is 5.32 Å². The second-order valence-electron chi connectivity index (χ2n) is 5.63. The van der Waals surface area contributed by atoms with Crippen LogP contribution in [0, 0.1) is 0 Å². The highest BCUT2D eigenvalue weighted by molar-refractivity contribution is 7.80. The molecule has 1 aromatic carbocycles. The van der Waals surface area contributed by atoms with E-state index in [9.17, 15) is 9.59 Å². The van der Waals surface area contributed by atoms with Crippen LogP contribution in [0.5, 0.6) is 0 Å². The largest absolute Gasteiger partial charge is 0.442 e. The Hall–Kier alpha value is -2.39. The molecule has 0 radical (unpaired) electrons. The second-order valence-corrected chi connectivity index (χ2v) is 6.07. The Morgan fingerprint density at radius 3 is 3.00 bits per heavy atom. The predicted molar refractivity (Wildman–Crippen MR) is 92.0 cm³/mol. The highest BCUT2D eigenvalue weighted by Gasteiger charge is 2.33. The fraction of sp³-hybridized carbons (Fsp3) is 0.400. The maximum atomic E-state index is 12.1. The standard InChI is InChI=1S/C15H18N4O4S/c16-14(24)17-6-11-7-19(15(22)23-11)10-1-2-12-9(5-10)3-4-18(12)13(21)8-20/h1-2,5,11,20H,3-4,6-8H2,(H3,16,17,24). The number of nitrogens with zero attached hydrogens (tertiary/aromatic N) is 2. The molecule has 2 aliphatic heterocycles. The zero-order valence-corrected chi connectivity index (χ0v) is 13.7. The zero-order chi connectivity index (χ0) is 17.3. The summed E-state index contributed by atoms with van der Waals surface area (Å²) in [6.45, 7) is 0.772. The van der Waals surface area contributed by atoms with E-state index < -0.39 is 12.7 Å². The fourth-order valence-corrected chi connectivity index (χ4v) is 3.04. The number of cyclic esters (lactones) is 1. The van der Waals surface area contributed by atoms with Gasteiger partial charge in [0.1, 0.15) is 12.7 Å². The first-order chi connectivity index (χ1) is 11.5. The van der Waals surface area contributed by atoms with Crippen molar-refractivity contribution in [3.63, 3.8) is 0 Å². The Bertz CT molecular complexity index is 696. The topological polar surface area (TPSA) is 108 Å². The molecule has 2 amide bonds. The minimum Gasteiger partial charge on any atom is -0.442 e. The first-order valence-electron chi connectivity index (χ1n) is 7.55. The second kappa shape index (κ2) is 6.62. The number of aliphatic hydroxyl groups is 1. The van der Waals surface area contributed by atoms with Crippen LogP contribution in [0.15, 0.2) is 18.2 Å². The normalized spacial score (nSPS) is 19.2. The summed E-state index contributed by atoms with van der Waals surface area (Å²) in [7, 11) is 0. The molecule has 3 rings (SSSR count). The van der Waals surface area contributed by atoms with Crippen LogP contribution in [-0.2, 0) is 16.0 Å². The molecule has 2 aliphatic rings. The SMILES string of the molecule is NC(=S)NCC1CN(c2ccc3c(c2)CCN3C(=O)CO)C(=O)O1. The van der Waals surface area contributed by atoms with Crippen molar-refractivity contribution in [3.8, 4) is 0 Å². The summed E-state index contributed by atoms with van der Waals surface area (Å²) in [4.78, 5) is 26.9. The number of fused-ring (bicyclic) bond motifs is 1. The molecule has 2 heterocycles. The highest BCUT2D eigenvalue weighted by atomic mass is 32.1. The summed E-state index contributed by atoms with van der Waals surface area (Å²) in [6, 6.07) is 5.44. The van der Waals surface area contributed by atoms with Gasteiger partial charge < -0.3 is 25.8 Å². The van der Waals surface area contributed by atoms with Crippen LogP contribution in [0.3, 0.4) is 0 Å². The predicted octanol–water partition coefficient (Wildman–Crippen LogP) is -0.274. The average Bonchev–Trinajstić information content (AvgIpc) is 3.15. The molecule has 0 saturated carbocycles. The van der Waals surface area contributed by atoms with Crippen molar-refractivity contribution in [3.05, 3.63) is 23.8 Å². The van der Waals surface area contributed by atoms with E-state index in [1.165, 1.54) is 0 Å². The molecule has 1 atom stereocenters. The Balaban J connectivity index is 1.73. The number of thiocarbonyl (C=S) groups is 1. The summed E-state index contributed by atoms with van der Waals surface area (Å²) in [5.41, 5.74) is 7.83. The fourth-order valence-electron chi connectivity index (χ4n) is 2.95. The minimum atomic E-state index is -0.517. The van der Waals surface area contributed by atoms with Gasteiger partial charge in [0, 0.05) is 17.9 Å². The molecule has 1 unspecified atom stereocenters. The number of benzene rings is 1. The molecular weight excluding hydrogens is 332 g/mol. The number of ether oxygens (including phenoxy) is 1. The van der Waals surface area contributed by atoms with Crippen LogP contribution in [0.4, 0.5) is 16.2 Å². The number of hydrogen-bond acceptors (Lipinski definition) is 5. The van der Waals surface area contributed by atoms with Crippen molar-refractivity contribution >= 4 is 40.7 Å². The molecule has 1 fully saturated rings. The number of hydrogen-bond donors (Lipinski definition) is 3. The van der Waals surface area contributed by atoms with Crippen molar-refractivity contribution < 1.29 is 19.4 Å². The van der Waals surface area contributed by atoms with Crippen LogP contribution in [0.25, 0.3) is 0 Å². The molecule has 0 aliphatic carbocycles. The molecule has 0 bridgehead atoms. The van der Waals surface area contributed by atoms with Crippen molar-refractivity contribution in [2.75, 3.05) is 36.0 Å². The average molecular weight is 350 g/mol. The molecule has 128 valence electrons. The molecule has 8 nitrogen and oxygen atoms in total. The van der Waals surface area contributed by atoms with E-state index in [1.807, 2.05) is 6.07 Å². The van der Waals surface area contributed by atoms with Gasteiger partial charge in [-0.15, -0.1) is 0 Å². The number of anilines is 2. The summed E-state index contributed by atoms with van der Waals surface area (Å²) in [6.07, 6.45) is -0.0739. The summed E-state index contributed by atoms with van der Waals surface area (Å²) < 4.78 is 5.29. The van der Waals surface area contributed by atoms with Gasteiger partial charge >= 0.3 is 6.09 Å². The van der Waals surface area contributed by atoms with E-state index in [0.29, 0.717) is 26.1 Å². The summed E-state index contributed by atoms with van der Waals surface area (Å²) in [5, 5.41) is 12.0. The van der Waals surface area contributed by atoms with Crippen molar-refractivity contribution in [2.45, 2.75) is 12.5 Å². The molecular formula is C15H18N4O4S. The van der Waals surface area contributed by atoms with Crippen molar-refractivity contribution in [2.24, 2.45) is 5.73 Å². The first-order valence-corrected chi connectivity index (χ1v) is 7.96. The molecule has 0 spiro atoms. The number of amides is 2. The van der Waals surface area contributed by atoms with Gasteiger partial charge in [0.2, 0.25) is 0 Å². The van der Waals surface area contributed by atoms with E-state index in [4.69, 9.17) is 27.8 Å². The Morgan fingerprint density at radius 2 is 2.29 bits per heavy atom. The minimum absolute atomic E-state index is 0.163. The number of nitrogens with two attached hydrogens (primary N) is 1. The van der Waals surface area contributed by atoms with Gasteiger partial charge in [-0.2, -0.15) is 0 Å². The van der Waals surface area contributed by atoms with E-state index in [-0.39, 0.29) is 17.1 Å². The van der Waals surface area contributed by atoms with E-state index in [1.54, 1.807) is 21.9 Å². The molecule has 4 N–H and O–H groups in total. The van der Waals surface area contributed by atoms with Gasteiger partial charge in [-0.3, -0.25) is 9.69 Å². The molecule has 9 heteroatoms. The monoisotopic (exact) mass is 350 g/mol.